The molecule has 4 heteroatoms. The molecule has 0 aliphatic heterocycles. The SMILES string of the molecule is CCc1nc(-c2ccc(C)cc2C)nc(NN)c1C. The summed E-state index contributed by atoms with van der Waals surface area (Å²) in [6.07, 6.45) is 0.862. The Labute approximate surface area is 114 Å². The van der Waals surface area contributed by atoms with Gasteiger partial charge in [-0.3, -0.25) is 0 Å². The first-order valence-corrected chi connectivity index (χ1v) is 6.48. The molecule has 3 N–H and O–H groups in total. The highest BCUT2D eigenvalue weighted by Gasteiger charge is 2.12. The molecule has 0 aliphatic carbocycles. The van der Waals surface area contributed by atoms with Gasteiger partial charge in [0.1, 0.15) is 5.82 Å². The Hall–Kier alpha value is -1.94. The molecule has 0 saturated heterocycles. The minimum Gasteiger partial charge on any atom is -0.308 e. The van der Waals surface area contributed by atoms with E-state index < -0.39 is 0 Å². The van der Waals surface area contributed by atoms with Crippen LogP contribution in [-0.4, -0.2) is 9.97 Å². The first-order valence-electron chi connectivity index (χ1n) is 6.48. The predicted molar refractivity (Wildman–Crippen MR) is 78.9 cm³/mol. The number of aryl methyl sites for hydroxylation is 3. The molecule has 0 atom stereocenters. The van der Waals surface area contributed by atoms with Crippen LogP contribution in [0, 0.1) is 20.8 Å². The summed E-state index contributed by atoms with van der Waals surface area (Å²) in [7, 11) is 0. The third-order valence-electron chi connectivity index (χ3n) is 3.34. The molecule has 4 nitrogen and oxygen atoms in total. The molecular weight excluding hydrogens is 236 g/mol. The van der Waals surface area contributed by atoms with Gasteiger partial charge < -0.3 is 5.43 Å². The van der Waals surface area contributed by atoms with Crippen molar-refractivity contribution in [3.63, 3.8) is 0 Å². The van der Waals surface area contributed by atoms with Crippen molar-refractivity contribution in [2.24, 2.45) is 5.84 Å². The van der Waals surface area contributed by atoms with Gasteiger partial charge in [0, 0.05) is 16.8 Å². The Morgan fingerprint density at radius 2 is 1.89 bits per heavy atom. The van der Waals surface area contributed by atoms with Gasteiger partial charge in [0.05, 0.1) is 0 Å². The fourth-order valence-electron chi connectivity index (χ4n) is 2.23. The Kier molecular flexibility index (Phi) is 3.81. The van der Waals surface area contributed by atoms with Gasteiger partial charge in [-0.25, -0.2) is 15.8 Å². The summed E-state index contributed by atoms with van der Waals surface area (Å²) < 4.78 is 0. The van der Waals surface area contributed by atoms with Crippen LogP contribution in [0.25, 0.3) is 11.4 Å². The third-order valence-corrected chi connectivity index (χ3v) is 3.34. The lowest BCUT2D eigenvalue weighted by molar-refractivity contribution is 0.972. The standard InChI is InChI=1S/C15H20N4/c1-5-13-11(4)14(19-16)18-15(17-13)12-7-6-9(2)8-10(12)3/h6-8H,5,16H2,1-4H3,(H,17,18,19). The number of nitrogens with two attached hydrogens (primary N) is 1. The minimum absolute atomic E-state index is 0.696. The van der Waals surface area contributed by atoms with E-state index in [2.05, 4.69) is 54.4 Å². The highest BCUT2D eigenvalue weighted by molar-refractivity contribution is 5.63. The van der Waals surface area contributed by atoms with Crippen molar-refractivity contribution in [3.8, 4) is 11.4 Å². The average molecular weight is 256 g/mol. The molecule has 0 amide bonds. The Morgan fingerprint density at radius 3 is 2.47 bits per heavy atom. The fraction of sp³-hybridized carbons (Fsp3) is 0.333. The van der Waals surface area contributed by atoms with E-state index in [4.69, 9.17) is 5.84 Å². The van der Waals surface area contributed by atoms with Gasteiger partial charge >= 0.3 is 0 Å². The quantitative estimate of drug-likeness (QED) is 0.654. The second-order valence-electron chi connectivity index (χ2n) is 4.78. The lowest BCUT2D eigenvalue weighted by atomic mass is 10.0. The summed E-state index contributed by atoms with van der Waals surface area (Å²) in [5.74, 6) is 6.97. The summed E-state index contributed by atoms with van der Waals surface area (Å²) in [4.78, 5) is 9.17. The zero-order valence-corrected chi connectivity index (χ0v) is 11.9. The smallest absolute Gasteiger partial charge is 0.162 e. The van der Waals surface area contributed by atoms with E-state index in [0.29, 0.717) is 5.82 Å². The first kappa shape index (κ1) is 13.5. The summed E-state index contributed by atoms with van der Waals surface area (Å²) >= 11 is 0. The van der Waals surface area contributed by atoms with E-state index in [-0.39, 0.29) is 0 Å². The van der Waals surface area contributed by atoms with Crippen molar-refractivity contribution < 1.29 is 0 Å². The van der Waals surface area contributed by atoms with E-state index in [9.17, 15) is 0 Å². The first-order chi connectivity index (χ1) is 9.06. The summed E-state index contributed by atoms with van der Waals surface area (Å²) in [6, 6.07) is 6.28. The van der Waals surface area contributed by atoms with Crippen molar-refractivity contribution >= 4 is 5.82 Å². The topological polar surface area (TPSA) is 63.8 Å². The van der Waals surface area contributed by atoms with Crippen LogP contribution in [0.2, 0.25) is 0 Å². The maximum absolute atomic E-state index is 5.54. The van der Waals surface area contributed by atoms with Gasteiger partial charge in [-0.05, 0) is 32.8 Å². The van der Waals surface area contributed by atoms with Gasteiger partial charge in [0.25, 0.3) is 0 Å². The summed E-state index contributed by atoms with van der Waals surface area (Å²) in [5, 5.41) is 0. The van der Waals surface area contributed by atoms with Crippen LogP contribution in [0.5, 0.6) is 0 Å². The molecule has 0 bridgehead atoms. The molecule has 1 aromatic carbocycles. The fourth-order valence-corrected chi connectivity index (χ4v) is 2.23. The molecule has 1 heterocycles. The number of nitrogens with zero attached hydrogens (tertiary/aromatic N) is 2. The minimum atomic E-state index is 0.696. The van der Waals surface area contributed by atoms with Crippen molar-refractivity contribution in [3.05, 3.63) is 40.6 Å². The number of nitrogen functional groups attached to an aromatic ring is 1. The summed E-state index contributed by atoms with van der Waals surface area (Å²) in [5.41, 5.74) is 8.16. The van der Waals surface area contributed by atoms with E-state index in [1.165, 1.54) is 11.1 Å². The number of hydrazine groups is 1. The normalized spacial score (nSPS) is 10.6. The highest BCUT2D eigenvalue weighted by atomic mass is 15.3. The largest absolute Gasteiger partial charge is 0.308 e. The molecule has 1 aromatic heterocycles. The maximum atomic E-state index is 5.54. The van der Waals surface area contributed by atoms with Crippen LogP contribution in [-0.2, 0) is 6.42 Å². The lowest BCUT2D eigenvalue weighted by Gasteiger charge is -2.12. The van der Waals surface area contributed by atoms with Crippen LogP contribution in [0.1, 0.15) is 29.3 Å². The van der Waals surface area contributed by atoms with Crippen molar-refractivity contribution in [2.75, 3.05) is 5.43 Å². The van der Waals surface area contributed by atoms with Crippen LogP contribution in [0.15, 0.2) is 18.2 Å². The third kappa shape index (κ3) is 2.58. The van der Waals surface area contributed by atoms with Crippen LogP contribution in [0.3, 0.4) is 0 Å². The molecule has 0 radical (unpaired) electrons. The molecule has 0 unspecified atom stereocenters. The number of anilines is 1. The Balaban J connectivity index is 2.62. The zero-order chi connectivity index (χ0) is 14.0. The van der Waals surface area contributed by atoms with E-state index in [1.807, 2.05) is 6.92 Å². The van der Waals surface area contributed by atoms with Crippen molar-refractivity contribution in [1.29, 1.82) is 0 Å². The molecule has 0 spiro atoms. The average Bonchev–Trinajstić information content (AvgIpc) is 2.39. The second kappa shape index (κ2) is 5.36. The molecule has 2 aromatic rings. The molecule has 19 heavy (non-hydrogen) atoms. The van der Waals surface area contributed by atoms with Gasteiger partial charge in [-0.1, -0.05) is 30.7 Å². The van der Waals surface area contributed by atoms with Gasteiger partial charge in [-0.15, -0.1) is 0 Å². The number of hydrogen-bond donors (Lipinski definition) is 2. The van der Waals surface area contributed by atoms with Crippen LogP contribution >= 0.6 is 0 Å². The van der Waals surface area contributed by atoms with Gasteiger partial charge in [-0.2, -0.15) is 0 Å². The molecule has 100 valence electrons. The van der Waals surface area contributed by atoms with Crippen LogP contribution in [0.4, 0.5) is 5.82 Å². The molecular formula is C15H20N4. The number of benzene rings is 1. The number of hydrogen-bond acceptors (Lipinski definition) is 4. The van der Waals surface area contributed by atoms with Crippen molar-refractivity contribution in [2.45, 2.75) is 34.1 Å². The number of nitrogens with one attached hydrogen (secondary N) is 1. The van der Waals surface area contributed by atoms with Crippen molar-refractivity contribution in [1.82, 2.24) is 9.97 Å². The lowest BCUT2D eigenvalue weighted by Crippen LogP contribution is -2.13. The maximum Gasteiger partial charge on any atom is 0.162 e. The van der Waals surface area contributed by atoms with Gasteiger partial charge in [0.2, 0.25) is 0 Å². The summed E-state index contributed by atoms with van der Waals surface area (Å²) in [6.45, 7) is 8.23. The number of rotatable bonds is 3. The molecule has 2 rings (SSSR count). The number of aromatic nitrogens is 2. The highest BCUT2D eigenvalue weighted by Crippen LogP contribution is 2.25. The Morgan fingerprint density at radius 1 is 1.16 bits per heavy atom. The monoisotopic (exact) mass is 256 g/mol. The molecule has 0 aliphatic rings. The van der Waals surface area contributed by atoms with E-state index >= 15 is 0 Å². The Bertz CT molecular complexity index is 580. The van der Waals surface area contributed by atoms with E-state index in [1.54, 1.807) is 0 Å². The molecule has 0 saturated carbocycles. The van der Waals surface area contributed by atoms with Gasteiger partial charge in [0.15, 0.2) is 5.82 Å². The predicted octanol–water partition coefficient (Wildman–Crippen LogP) is 2.92. The molecule has 0 fully saturated rings. The zero-order valence-electron chi connectivity index (χ0n) is 11.9. The van der Waals surface area contributed by atoms with Crippen LogP contribution < -0.4 is 11.3 Å². The van der Waals surface area contributed by atoms with E-state index in [0.717, 1.165) is 29.1 Å². The second-order valence-corrected chi connectivity index (χ2v) is 4.78.